The highest BCUT2D eigenvalue weighted by atomic mass is 32.5. The first-order valence-electron chi connectivity index (χ1n) is 7.41. The largest absolute Gasteiger partial charge is 0.396 e. The summed E-state index contributed by atoms with van der Waals surface area (Å²) in [5, 5.41) is 14.2. The molecule has 1 fully saturated rings. The fraction of sp³-hybridized carbons (Fsp3) is 0.500. The Morgan fingerprint density at radius 1 is 1.08 bits per heavy atom. The average Bonchev–Trinajstić information content (AvgIpc) is 2.46. The minimum Gasteiger partial charge on any atom is -0.396 e. The number of benzene rings is 1. The molecule has 1 aliphatic rings. The van der Waals surface area contributed by atoms with Crippen molar-refractivity contribution in [1.29, 1.82) is 0 Å². The second-order valence-electron chi connectivity index (χ2n) is 5.93. The third-order valence-corrected chi connectivity index (χ3v) is 5.18. The van der Waals surface area contributed by atoms with Crippen LogP contribution in [0.5, 0.6) is 0 Å². The molecule has 2 atom stereocenters. The molecule has 1 aromatic carbocycles. The van der Waals surface area contributed by atoms with Crippen molar-refractivity contribution in [1.82, 2.24) is 5.32 Å². The van der Waals surface area contributed by atoms with E-state index in [2.05, 4.69) is 10.6 Å². The van der Waals surface area contributed by atoms with Crippen LogP contribution < -0.4 is 10.6 Å². The summed E-state index contributed by atoms with van der Waals surface area (Å²) in [6.45, 7) is -0.0659. The predicted octanol–water partition coefficient (Wildman–Crippen LogP) is 5.02. The minimum atomic E-state index is -9.71. The summed E-state index contributed by atoms with van der Waals surface area (Å²) >= 11 is 0. The lowest BCUT2D eigenvalue weighted by molar-refractivity contribution is 0.156. The summed E-state index contributed by atoms with van der Waals surface area (Å²) in [4.78, 5) is 9.88. The summed E-state index contributed by atoms with van der Waals surface area (Å²) in [7, 11) is -9.71. The molecule has 3 N–H and O–H groups in total. The van der Waals surface area contributed by atoms with Crippen molar-refractivity contribution in [2.24, 2.45) is 5.92 Å². The number of urea groups is 1. The van der Waals surface area contributed by atoms with Crippen LogP contribution in [0.15, 0.2) is 29.2 Å². The molecule has 138 valence electrons. The number of aliphatic hydroxyl groups is 1. The van der Waals surface area contributed by atoms with Gasteiger partial charge < -0.3 is 15.7 Å². The van der Waals surface area contributed by atoms with E-state index in [1.54, 1.807) is 0 Å². The Bertz CT molecular complexity index is 606. The van der Waals surface area contributed by atoms with E-state index < -0.39 is 21.2 Å². The zero-order valence-corrected chi connectivity index (χ0v) is 13.5. The highest BCUT2D eigenvalue weighted by Crippen LogP contribution is 3.02. The van der Waals surface area contributed by atoms with E-state index in [1.165, 1.54) is 0 Å². The maximum absolute atomic E-state index is 12.6. The molecule has 1 aliphatic carbocycles. The quantitative estimate of drug-likeness (QED) is 0.649. The van der Waals surface area contributed by atoms with Crippen LogP contribution in [-0.4, -0.2) is 23.8 Å². The molecule has 1 aromatic rings. The van der Waals surface area contributed by atoms with Crippen LogP contribution in [0.2, 0.25) is 0 Å². The van der Waals surface area contributed by atoms with E-state index in [0.717, 1.165) is 31.4 Å². The predicted molar refractivity (Wildman–Crippen MR) is 82.8 cm³/mol. The number of nitrogens with one attached hydrogen (secondary N) is 2. The molecule has 0 radical (unpaired) electrons. The SMILES string of the molecule is O=C(Nc1ccc(S(F)(F)(F)(F)F)cc1)NC1CCCCC1CO. The minimum absolute atomic E-state index is 0.0329. The van der Waals surface area contributed by atoms with Crippen molar-refractivity contribution in [3.05, 3.63) is 24.3 Å². The molecule has 24 heavy (non-hydrogen) atoms. The molecule has 4 nitrogen and oxygen atoms in total. The zero-order valence-electron chi connectivity index (χ0n) is 12.7. The van der Waals surface area contributed by atoms with Crippen LogP contribution in [0.3, 0.4) is 0 Å². The van der Waals surface area contributed by atoms with Crippen LogP contribution in [0.4, 0.5) is 29.9 Å². The van der Waals surface area contributed by atoms with Gasteiger partial charge in [0.2, 0.25) is 0 Å². The van der Waals surface area contributed by atoms with Gasteiger partial charge in [0.25, 0.3) is 0 Å². The van der Waals surface area contributed by atoms with Crippen molar-refractivity contribution >= 4 is 21.9 Å². The summed E-state index contributed by atoms with van der Waals surface area (Å²) in [5.41, 5.74) is -0.0329. The van der Waals surface area contributed by atoms with Gasteiger partial charge in [0.15, 0.2) is 0 Å². The summed E-state index contributed by atoms with van der Waals surface area (Å²) < 4.78 is 63.0. The van der Waals surface area contributed by atoms with Gasteiger partial charge in [-0.3, -0.25) is 0 Å². The van der Waals surface area contributed by atoms with E-state index >= 15 is 0 Å². The first kappa shape index (κ1) is 18.8. The van der Waals surface area contributed by atoms with Gasteiger partial charge in [-0.05, 0) is 37.1 Å². The number of carbonyl (C=O) groups is 1. The molecule has 0 aromatic heterocycles. The van der Waals surface area contributed by atoms with E-state index in [9.17, 15) is 29.3 Å². The molecular formula is C14H19F5N2O2S. The Morgan fingerprint density at radius 2 is 1.67 bits per heavy atom. The van der Waals surface area contributed by atoms with E-state index in [4.69, 9.17) is 0 Å². The lowest BCUT2D eigenvalue weighted by Gasteiger charge is -2.40. The molecular weight excluding hydrogens is 355 g/mol. The molecule has 0 bridgehead atoms. The van der Waals surface area contributed by atoms with Gasteiger partial charge in [0.05, 0.1) is 0 Å². The van der Waals surface area contributed by atoms with Gasteiger partial charge in [0, 0.05) is 24.3 Å². The van der Waals surface area contributed by atoms with Crippen LogP contribution in [-0.2, 0) is 0 Å². The maximum atomic E-state index is 12.6. The highest BCUT2D eigenvalue weighted by molar-refractivity contribution is 8.45. The zero-order chi connectivity index (χ0) is 18.1. The Balaban J connectivity index is 2.00. The number of halogens is 5. The maximum Gasteiger partial charge on any atom is 0.319 e. The third kappa shape index (κ3) is 4.97. The van der Waals surface area contributed by atoms with E-state index in [1.807, 2.05) is 0 Å². The second kappa shape index (κ2) is 5.76. The average molecular weight is 374 g/mol. The topological polar surface area (TPSA) is 61.4 Å². The van der Waals surface area contributed by atoms with Crippen LogP contribution >= 0.6 is 10.2 Å². The van der Waals surface area contributed by atoms with Gasteiger partial charge in [-0.15, -0.1) is 0 Å². The van der Waals surface area contributed by atoms with Crippen molar-refractivity contribution in [3.8, 4) is 0 Å². The number of amides is 2. The monoisotopic (exact) mass is 374 g/mol. The molecule has 0 saturated heterocycles. The molecule has 10 heteroatoms. The van der Waals surface area contributed by atoms with Crippen molar-refractivity contribution < 1.29 is 29.3 Å². The fourth-order valence-corrected chi connectivity index (χ4v) is 3.40. The number of carbonyl (C=O) groups excluding carboxylic acids is 1. The van der Waals surface area contributed by atoms with E-state index in [0.29, 0.717) is 6.42 Å². The number of hydrogen-bond acceptors (Lipinski definition) is 2. The van der Waals surface area contributed by atoms with Crippen LogP contribution in [0.1, 0.15) is 25.7 Å². The number of rotatable bonds is 4. The second-order valence-corrected chi connectivity index (χ2v) is 8.33. The van der Waals surface area contributed by atoms with Crippen LogP contribution in [0, 0.1) is 5.92 Å². The molecule has 0 spiro atoms. The van der Waals surface area contributed by atoms with Crippen molar-refractivity contribution in [2.75, 3.05) is 11.9 Å². The summed E-state index contributed by atoms with van der Waals surface area (Å²) in [6.07, 6.45) is 3.34. The molecule has 0 aliphatic heterocycles. The number of anilines is 1. The lowest BCUT2D eigenvalue weighted by atomic mass is 9.85. The standard InChI is InChI=1S/C14H19F5N2O2S/c15-24(16,17,18,19)12-7-5-11(6-8-12)20-14(23)21-13-4-2-1-3-10(13)9-22/h5-8,10,13,22H,1-4,9H2,(H2,20,21,23). The molecule has 0 heterocycles. The first-order valence-corrected chi connectivity index (χ1v) is 9.37. The third-order valence-electron chi connectivity index (χ3n) is 4.02. The number of hydrogen-bond donors (Lipinski definition) is 3. The van der Waals surface area contributed by atoms with E-state index in [-0.39, 0.29) is 36.4 Å². The molecule has 1 saturated carbocycles. The smallest absolute Gasteiger partial charge is 0.319 e. The Kier molecular flexibility index (Phi) is 4.51. The molecule has 2 unspecified atom stereocenters. The van der Waals surface area contributed by atoms with Gasteiger partial charge in [-0.25, -0.2) is 4.79 Å². The summed E-state index contributed by atoms with van der Waals surface area (Å²) in [6, 6.07) is 1.16. The van der Waals surface area contributed by atoms with Crippen LogP contribution in [0.25, 0.3) is 0 Å². The van der Waals surface area contributed by atoms with Crippen molar-refractivity contribution in [2.45, 2.75) is 36.6 Å². The highest BCUT2D eigenvalue weighted by Gasteiger charge is 2.65. The molecule has 2 amide bonds. The van der Waals surface area contributed by atoms with Gasteiger partial charge in [0.1, 0.15) is 4.90 Å². The normalized spacial score (nSPS) is 24.6. The first-order chi connectivity index (χ1) is 10.9. The fourth-order valence-electron chi connectivity index (χ4n) is 2.75. The Hall–Kier alpha value is -1.55. The number of aliphatic hydroxyl groups excluding tert-OH is 1. The van der Waals surface area contributed by atoms with Gasteiger partial charge >= 0.3 is 16.3 Å². The molecule has 2 rings (SSSR count). The summed E-state index contributed by atoms with van der Waals surface area (Å²) in [5.74, 6) is -0.0694. The van der Waals surface area contributed by atoms with Gasteiger partial charge in [-0.1, -0.05) is 32.3 Å². The lowest BCUT2D eigenvalue weighted by Crippen LogP contribution is -2.45. The Morgan fingerprint density at radius 3 is 2.21 bits per heavy atom. The van der Waals surface area contributed by atoms with Gasteiger partial charge in [-0.2, -0.15) is 0 Å². The Labute approximate surface area is 136 Å². The van der Waals surface area contributed by atoms with Crippen molar-refractivity contribution in [3.63, 3.8) is 0 Å².